The maximum Gasteiger partial charge on any atom is 0.250 e. The van der Waals surface area contributed by atoms with E-state index in [0.29, 0.717) is 16.8 Å². The van der Waals surface area contributed by atoms with E-state index < -0.39 is 5.91 Å². The van der Waals surface area contributed by atoms with Crippen molar-refractivity contribution in [3.8, 4) is 0 Å². The number of rotatable bonds is 5. The summed E-state index contributed by atoms with van der Waals surface area (Å²) in [5.41, 5.74) is 7.02. The van der Waals surface area contributed by atoms with E-state index in [4.69, 9.17) is 5.73 Å². The largest absolute Gasteiger partial charge is 0.366 e. The van der Waals surface area contributed by atoms with E-state index in [1.807, 2.05) is 32.1 Å². The Bertz CT molecular complexity index is 785. The highest BCUT2D eigenvalue weighted by Gasteiger charge is 2.19. The van der Waals surface area contributed by atoms with E-state index in [9.17, 15) is 9.59 Å². The van der Waals surface area contributed by atoms with Crippen LogP contribution in [0.15, 0.2) is 46.7 Å². The number of carbonyl (C=O) groups excluding carboxylic acids is 2. The van der Waals surface area contributed by atoms with Crippen molar-refractivity contribution in [3.63, 3.8) is 0 Å². The molecule has 0 atom stereocenters. The molecule has 1 fully saturated rings. The lowest BCUT2D eigenvalue weighted by atomic mass is 10.1. The van der Waals surface area contributed by atoms with Gasteiger partial charge in [0.2, 0.25) is 5.91 Å². The Hall–Kier alpha value is -2.96. The van der Waals surface area contributed by atoms with Gasteiger partial charge in [0.15, 0.2) is 5.78 Å². The molecule has 1 aromatic rings. The van der Waals surface area contributed by atoms with E-state index in [1.165, 1.54) is 6.20 Å². The molecule has 7 heteroatoms. The van der Waals surface area contributed by atoms with Crippen LogP contribution in [0.25, 0.3) is 0 Å². The normalized spacial score (nSPS) is 16.5. The first-order chi connectivity index (χ1) is 12.8. The van der Waals surface area contributed by atoms with Crippen LogP contribution in [-0.2, 0) is 4.79 Å². The highest BCUT2D eigenvalue weighted by molar-refractivity contribution is 5.94. The first kappa shape index (κ1) is 20.4. The fourth-order valence-corrected chi connectivity index (χ4v) is 2.81. The average Bonchev–Trinajstić information content (AvgIpc) is 2.67. The Labute approximate surface area is 160 Å². The molecule has 0 aromatic carbocycles. The average molecular weight is 369 g/mol. The number of amides is 1. The minimum atomic E-state index is -0.475. The van der Waals surface area contributed by atoms with E-state index in [-0.39, 0.29) is 5.78 Å². The molecule has 1 aromatic heterocycles. The van der Waals surface area contributed by atoms with Crippen LogP contribution < -0.4 is 10.6 Å². The molecule has 2 rings (SSSR count). The SMILES string of the molecule is C\C=C/C(/N=C(\C)N1CCN(c2ccc(C(N)=O)cn2)CC1)=C(\C)C(C)=O. The molecule has 144 valence electrons. The third kappa shape index (κ3) is 5.26. The van der Waals surface area contributed by atoms with E-state index >= 15 is 0 Å². The number of pyridine rings is 1. The van der Waals surface area contributed by atoms with Gasteiger partial charge >= 0.3 is 0 Å². The maximum atomic E-state index is 11.7. The lowest BCUT2D eigenvalue weighted by Crippen LogP contribution is -2.48. The number of allylic oxidation sites excluding steroid dienone is 3. The molecule has 7 nitrogen and oxygen atoms in total. The van der Waals surface area contributed by atoms with Crippen molar-refractivity contribution < 1.29 is 9.59 Å². The van der Waals surface area contributed by atoms with Crippen molar-refractivity contribution in [1.82, 2.24) is 9.88 Å². The minimum absolute atomic E-state index is 0.0231. The lowest BCUT2D eigenvalue weighted by molar-refractivity contribution is -0.113. The van der Waals surface area contributed by atoms with Crippen molar-refractivity contribution in [2.24, 2.45) is 10.7 Å². The first-order valence-electron chi connectivity index (χ1n) is 8.99. The summed E-state index contributed by atoms with van der Waals surface area (Å²) in [7, 11) is 0. The highest BCUT2D eigenvalue weighted by atomic mass is 16.1. The molecule has 0 spiro atoms. The van der Waals surface area contributed by atoms with Crippen molar-refractivity contribution in [3.05, 3.63) is 47.3 Å². The Morgan fingerprint density at radius 1 is 1.15 bits per heavy atom. The third-order valence-electron chi connectivity index (χ3n) is 4.61. The van der Waals surface area contributed by atoms with Crippen LogP contribution in [0.2, 0.25) is 0 Å². The predicted molar refractivity (Wildman–Crippen MR) is 108 cm³/mol. The van der Waals surface area contributed by atoms with Crippen LogP contribution in [-0.4, -0.2) is 53.6 Å². The Morgan fingerprint density at radius 3 is 2.30 bits per heavy atom. The zero-order valence-electron chi connectivity index (χ0n) is 16.4. The molecular weight excluding hydrogens is 342 g/mol. The number of hydrogen-bond donors (Lipinski definition) is 1. The van der Waals surface area contributed by atoms with Crippen molar-refractivity contribution in [2.75, 3.05) is 31.1 Å². The summed E-state index contributed by atoms with van der Waals surface area (Å²) in [6.07, 6.45) is 5.26. The number of hydrogen-bond acceptors (Lipinski definition) is 5. The molecule has 27 heavy (non-hydrogen) atoms. The molecule has 0 bridgehead atoms. The van der Waals surface area contributed by atoms with Gasteiger partial charge in [0.25, 0.3) is 0 Å². The maximum absolute atomic E-state index is 11.7. The van der Waals surface area contributed by atoms with Crippen LogP contribution >= 0.6 is 0 Å². The number of carbonyl (C=O) groups is 2. The van der Waals surface area contributed by atoms with E-state index in [1.54, 1.807) is 19.9 Å². The lowest BCUT2D eigenvalue weighted by Gasteiger charge is -2.36. The van der Waals surface area contributed by atoms with Crippen molar-refractivity contribution in [1.29, 1.82) is 0 Å². The molecule has 1 aliphatic rings. The van der Waals surface area contributed by atoms with Gasteiger partial charge in [0.05, 0.1) is 11.3 Å². The second-order valence-corrected chi connectivity index (χ2v) is 6.47. The van der Waals surface area contributed by atoms with Crippen LogP contribution in [0.1, 0.15) is 38.1 Å². The van der Waals surface area contributed by atoms with Gasteiger partial charge in [0, 0.05) is 37.9 Å². The zero-order valence-corrected chi connectivity index (χ0v) is 16.4. The van der Waals surface area contributed by atoms with Gasteiger partial charge in [-0.1, -0.05) is 6.08 Å². The quantitative estimate of drug-likeness (QED) is 0.372. The number of anilines is 1. The Morgan fingerprint density at radius 2 is 1.81 bits per heavy atom. The predicted octanol–water partition coefficient (Wildman–Crippen LogP) is 2.16. The molecule has 0 saturated carbocycles. The summed E-state index contributed by atoms with van der Waals surface area (Å²) in [5, 5.41) is 0. The number of aliphatic imine (C=N–C) groups is 1. The summed E-state index contributed by atoms with van der Waals surface area (Å²) in [6.45, 7) is 10.4. The van der Waals surface area contributed by atoms with Crippen molar-refractivity contribution in [2.45, 2.75) is 27.7 Å². The minimum Gasteiger partial charge on any atom is -0.366 e. The summed E-state index contributed by atoms with van der Waals surface area (Å²) >= 11 is 0. The number of Topliss-reactive ketones (excluding diaryl/α,β-unsaturated/α-hetero) is 1. The molecule has 1 aliphatic heterocycles. The monoisotopic (exact) mass is 369 g/mol. The molecule has 2 heterocycles. The summed E-state index contributed by atoms with van der Waals surface area (Å²) < 4.78 is 0. The first-order valence-corrected chi connectivity index (χ1v) is 8.99. The number of piperazine rings is 1. The molecule has 1 amide bonds. The molecule has 2 N–H and O–H groups in total. The number of nitrogens with two attached hydrogens (primary N) is 1. The fourth-order valence-electron chi connectivity index (χ4n) is 2.81. The molecule has 0 radical (unpaired) electrons. The molecule has 0 unspecified atom stereocenters. The fraction of sp³-hybridized carbons (Fsp3) is 0.400. The zero-order chi connectivity index (χ0) is 20.0. The third-order valence-corrected chi connectivity index (χ3v) is 4.61. The van der Waals surface area contributed by atoms with Gasteiger partial charge in [-0.25, -0.2) is 9.98 Å². The standard InChI is InChI=1S/C20H27N5O2/c1-5-6-18(14(2)15(3)26)23-16(4)24-9-11-25(12-10-24)19-8-7-17(13-22-19)20(21)27/h5-8,13H,9-12H2,1-4H3,(H2,21,27)/b6-5-,18-14-,23-16+. The van der Waals surface area contributed by atoms with Gasteiger partial charge < -0.3 is 15.5 Å². The summed E-state index contributed by atoms with van der Waals surface area (Å²) in [6, 6.07) is 3.52. The smallest absolute Gasteiger partial charge is 0.250 e. The van der Waals surface area contributed by atoms with E-state index in [2.05, 4.69) is 19.8 Å². The second-order valence-electron chi connectivity index (χ2n) is 6.47. The number of primary amides is 1. The topological polar surface area (TPSA) is 91.9 Å². The van der Waals surface area contributed by atoms with E-state index in [0.717, 1.165) is 37.8 Å². The molecule has 1 saturated heterocycles. The second kappa shape index (κ2) is 9.12. The van der Waals surface area contributed by atoms with Crippen LogP contribution in [0, 0.1) is 0 Å². The highest BCUT2D eigenvalue weighted by Crippen LogP contribution is 2.16. The number of aromatic nitrogens is 1. The number of amidine groups is 1. The van der Waals surface area contributed by atoms with Gasteiger partial charge in [-0.05, 0) is 45.9 Å². The Kier molecular flexibility index (Phi) is 6.87. The van der Waals surface area contributed by atoms with Crippen molar-refractivity contribution >= 4 is 23.3 Å². The van der Waals surface area contributed by atoms with Gasteiger partial charge in [0.1, 0.15) is 11.7 Å². The Balaban J connectivity index is 2.06. The van der Waals surface area contributed by atoms with Gasteiger partial charge in [-0.3, -0.25) is 9.59 Å². The van der Waals surface area contributed by atoms with Crippen LogP contribution in [0.4, 0.5) is 5.82 Å². The van der Waals surface area contributed by atoms with Crippen LogP contribution in [0.3, 0.4) is 0 Å². The molecule has 0 aliphatic carbocycles. The summed E-state index contributed by atoms with van der Waals surface area (Å²) in [4.78, 5) is 36.2. The van der Waals surface area contributed by atoms with Gasteiger partial charge in [-0.15, -0.1) is 0 Å². The molecular formula is C20H27N5O2. The van der Waals surface area contributed by atoms with Crippen LogP contribution in [0.5, 0.6) is 0 Å². The van der Waals surface area contributed by atoms with Gasteiger partial charge in [-0.2, -0.15) is 0 Å². The number of nitrogens with zero attached hydrogens (tertiary/aromatic N) is 4. The summed E-state index contributed by atoms with van der Waals surface area (Å²) in [5.74, 6) is 1.27. The number of ketones is 1.